The van der Waals surface area contributed by atoms with Crippen LogP contribution in [0.4, 0.5) is 0 Å². The van der Waals surface area contributed by atoms with Gasteiger partial charge in [0.15, 0.2) is 0 Å². The Morgan fingerprint density at radius 3 is 2.56 bits per heavy atom. The van der Waals surface area contributed by atoms with Crippen LogP contribution in [0.15, 0.2) is 11.1 Å². The van der Waals surface area contributed by atoms with Crippen molar-refractivity contribution in [2.45, 2.75) is 25.8 Å². The van der Waals surface area contributed by atoms with Gasteiger partial charge in [-0.2, -0.15) is 0 Å². The Kier molecular flexibility index (Phi) is 6.09. The molecule has 0 aliphatic rings. The molecule has 0 saturated carbocycles. The average Bonchev–Trinajstić information content (AvgIpc) is 2.23. The van der Waals surface area contributed by atoms with Gasteiger partial charge in [-0.25, -0.2) is 9.97 Å². The molecular formula is C11H18ClN3S. The fourth-order valence-corrected chi connectivity index (χ4v) is 2.64. The predicted molar refractivity (Wildman–Crippen MR) is 70.3 cm³/mol. The van der Waals surface area contributed by atoms with E-state index in [-0.39, 0.29) is 0 Å². The number of nitrogens with zero attached hydrogens (tertiary/aromatic N) is 3. The summed E-state index contributed by atoms with van der Waals surface area (Å²) in [6, 6.07) is 1.82. The summed E-state index contributed by atoms with van der Waals surface area (Å²) in [5, 5.41) is 1.49. The topological polar surface area (TPSA) is 29.0 Å². The van der Waals surface area contributed by atoms with Crippen molar-refractivity contribution in [1.29, 1.82) is 0 Å². The number of thioether (sulfide) groups is 1. The number of hydrogen-bond acceptors (Lipinski definition) is 4. The van der Waals surface area contributed by atoms with Crippen molar-refractivity contribution < 1.29 is 0 Å². The van der Waals surface area contributed by atoms with Crippen LogP contribution < -0.4 is 0 Å². The SMILES string of the molecule is CCN(CC)CCSc1cc(Cl)nc(C)n1. The smallest absolute Gasteiger partial charge is 0.133 e. The maximum atomic E-state index is 5.87. The van der Waals surface area contributed by atoms with E-state index in [0.29, 0.717) is 5.15 Å². The Morgan fingerprint density at radius 2 is 2.00 bits per heavy atom. The first kappa shape index (κ1) is 13.7. The van der Waals surface area contributed by atoms with Crippen LogP contribution in [0.5, 0.6) is 0 Å². The normalized spacial score (nSPS) is 11.1. The molecule has 0 aliphatic heterocycles. The van der Waals surface area contributed by atoms with Crippen molar-refractivity contribution in [2.75, 3.05) is 25.4 Å². The molecule has 0 fully saturated rings. The molecule has 5 heteroatoms. The first-order valence-corrected chi connectivity index (χ1v) is 6.88. The number of hydrogen-bond donors (Lipinski definition) is 0. The molecule has 0 amide bonds. The second-order valence-corrected chi connectivity index (χ2v) is 4.95. The first-order chi connectivity index (χ1) is 7.65. The highest BCUT2D eigenvalue weighted by Crippen LogP contribution is 2.18. The third-order valence-electron chi connectivity index (χ3n) is 2.34. The molecule has 1 aromatic heterocycles. The van der Waals surface area contributed by atoms with Gasteiger partial charge in [0.25, 0.3) is 0 Å². The van der Waals surface area contributed by atoms with Gasteiger partial charge < -0.3 is 4.90 Å². The fraction of sp³-hybridized carbons (Fsp3) is 0.636. The monoisotopic (exact) mass is 259 g/mol. The maximum absolute atomic E-state index is 5.87. The summed E-state index contributed by atoms with van der Waals surface area (Å²) in [7, 11) is 0. The van der Waals surface area contributed by atoms with E-state index >= 15 is 0 Å². The van der Waals surface area contributed by atoms with Gasteiger partial charge in [-0.1, -0.05) is 25.4 Å². The number of halogens is 1. The molecule has 0 spiro atoms. The minimum Gasteiger partial charge on any atom is -0.303 e. The van der Waals surface area contributed by atoms with Crippen LogP contribution in [0.2, 0.25) is 5.15 Å². The van der Waals surface area contributed by atoms with Gasteiger partial charge in [0, 0.05) is 18.4 Å². The van der Waals surface area contributed by atoms with E-state index in [4.69, 9.17) is 11.6 Å². The van der Waals surface area contributed by atoms with Crippen molar-refractivity contribution in [3.05, 3.63) is 17.0 Å². The van der Waals surface area contributed by atoms with Gasteiger partial charge in [-0.05, 0) is 20.0 Å². The van der Waals surface area contributed by atoms with Crippen LogP contribution >= 0.6 is 23.4 Å². The van der Waals surface area contributed by atoms with Gasteiger partial charge in [-0.3, -0.25) is 0 Å². The summed E-state index contributed by atoms with van der Waals surface area (Å²) in [5.74, 6) is 1.77. The van der Waals surface area contributed by atoms with Crippen LogP contribution in [0.1, 0.15) is 19.7 Å². The highest BCUT2D eigenvalue weighted by Gasteiger charge is 2.03. The molecule has 0 aromatic carbocycles. The summed E-state index contributed by atoms with van der Waals surface area (Å²) in [6.07, 6.45) is 0. The summed E-state index contributed by atoms with van der Waals surface area (Å²) >= 11 is 7.60. The summed E-state index contributed by atoms with van der Waals surface area (Å²) in [6.45, 7) is 9.50. The van der Waals surface area contributed by atoms with E-state index < -0.39 is 0 Å². The van der Waals surface area contributed by atoms with E-state index in [0.717, 1.165) is 36.2 Å². The van der Waals surface area contributed by atoms with Crippen molar-refractivity contribution in [3.8, 4) is 0 Å². The molecule has 1 heterocycles. The summed E-state index contributed by atoms with van der Waals surface area (Å²) in [5.41, 5.74) is 0. The number of aryl methyl sites for hydroxylation is 1. The number of aromatic nitrogens is 2. The van der Waals surface area contributed by atoms with Crippen molar-refractivity contribution in [1.82, 2.24) is 14.9 Å². The molecule has 3 nitrogen and oxygen atoms in total. The Hall–Kier alpha value is -0.320. The van der Waals surface area contributed by atoms with Crippen LogP contribution in [0.3, 0.4) is 0 Å². The standard InChI is InChI=1S/C11H18ClN3S/c1-4-15(5-2)6-7-16-11-8-10(12)13-9(3)14-11/h8H,4-7H2,1-3H3. The quantitative estimate of drug-likeness (QED) is 0.580. The Labute approximate surface area is 107 Å². The van der Waals surface area contributed by atoms with Gasteiger partial charge >= 0.3 is 0 Å². The third-order valence-corrected chi connectivity index (χ3v) is 3.42. The fourth-order valence-electron chi connectivity index (χ4n) is 1.40. The number of rotatable bonds is 6. The molecule has 0 bridgehead atoms. The highest BCUT2D eigenvalue weighted by molar-refractivity contribution is 7.99. The van der Waals surface area contributed by atoms with Crippen molar-refractivity contribution in [3.63, 3.8) is 0 Å². The summed E-state index contributed by atoms with van der Waals surface area (Å²) in [4.78, 5) is 10.8. The molecule has 1 aromatic rings. The molecule has 0 radical (unpaired) electrons. The molecular weight excluding hydrogens is 242 g/mol. The van der Waals surface area contributed by atoms with Gasteiger partial charge in [0.2, 0.25) is 0 Å². The van der Waals surface area contributed by atoms with E-state index in [1.165, 1.54) is 0 Å². The molecule has 0 atom stereocenters. The molecule has 16 heavy (non-hydrogen) atoms. The lowest BCUT2D eigenvalue weighted by atomic mass is 10.5. The second kappa shape index (κ2) is 7.09. The van der Waals surface area contributed by atoms with Crippen LogP contribution in [-0.2, 0) is 0 Å². The zero-order chi connectivity index (χ0) is 12.0. The predicted octanol–water partition coefficient (Wildman–Crippen LogP) is 2.87. The molecule has 0 aliphatic carbocycles. The van der Waals surface area contributed by atoms with Gasteiger partial charge in [0.1, 0.15) is 16.0 Å². The summed E-state index contributed by atoms with van der Waals surface area (Å²) < 4.78 is 0. The lowest BCUT2D eigenvalue weighted by Gasteiger charge is -2.17. The molecule has 0 N–H and O–H groups in total. The minimum absolute atomic E-state index is 0.526. The van der Waals surface area contributed by atoms with E-state index in [1.54, 1.807) is 11.8 Å². The average molecular weight is 260 g/mol. The zero-order valence-electron chi connectivity index (χ0n) is 10.0. The first-order valence-electron chi connectivity index (χ1n) is 5.52. The largest absolute Gasteiger partial charge is 0.303 e. The lowest BCUT2D eigenvalue weighted by molar-refractivity contribution is 0.324. The van der Waals surface area contributed by atoms with Gasteiger partial charge in [0.05, 0.1) is 0 Å². The van der Waals surface area contributed by atoms with Crippen molar-refractivity contribution in [2.24, 2.45) is 0 Å². The second-order valence-electron chi connectivity index (χ2n) is 3.45. The van der Waals surface area contributed by atoms with E-state index in [9.17, 15) is 0 Å². The maximum Gasteiger partial charge on any atom is 0.133 e. The molecule has 1 rings (SSSR count). The van der Waals surface area contributed by atoms with Crippen LogP contribution in [0, 0.1) is 6.92 Å². The van der Waals surface area contributed by atoms with Gasteiger partial charge in [-0.15, -0.1) is 11.8 Å². The molecule has 0 unspecified atom stereocenters. The van der Waals surface area contributed by atoms with E-state index in [1.807, 2.05) is 13.0 Å². The Bertz CT molecular complexity index is 309. The Balaban J connectivity index is 2.42. The molecule has 0 saturated heterocycles. The van der Waals surface area contributed by atoms with Crippen LogP contribution in [-0.4, -0.2) is 40.3 Å². The highest BCUT2D eigenvalue weighted by atomic mass is 35.5. The minimum atomic E-state index is 0.526. The third kappa shape index (κ3) is 4.68. The Morgan fingerprint density at radius 1 is 1.31 bits per heavy atom. The van der Waals surface area contributed by atoms with E-state index in [2.05, 4.69) is 28.7 Å². The lowest BCUT2D eigenvalue weighted by Crippen LogP contribution is -2.25. The zero-order valence-corrected chi connectivity index (χ0v) is 11.6. The molecule has 90 valence electrons. The van der Waals surface area contributed by atoms with Crippen molar-refractivity contribution >= 4 is 23.4 Å². The van der Waals surface area contributed by atoms with Crippen LogP contribution in [0.25, 0.3) is 0 Å².